The summed E-state index contributed by atoms with van der Waals surface area (Å²) in [5.74, 6) is 1.67. The van der Waals surface area contributed by atoms with Gasteiger partial charge in [-0.05, 0) is 31.6 Å². The van der Waals surface area contributed by atoms with E-state index in [-0.39, 0.29) is 5.92 Å². The summed E-state index contributed by atoms with van der Waals surface area (Å²) >= 11 is 0. The van der Waals surface area contributed by atoms with Crippen molar-refractivity contribution in [3.8, 4) is 0 Å². The predicted octanol–water partition coefficient (Wildman–Crippen LogP) is 2.48. The Hall–Kier alpha value is -0.370. The van der Waals surface area contributed by atoms with Gasteiger partial charge in [-0.1, -0.05) is 13.8 Å². The van der Waals surface area contributed by atoms with Crippen molar-refractivity contribution >= 4 is 5.78 Å². The lowest BCUT2D eigenvalue weighted by Gasteiger charge is -2.39. The Morgan fingerprint density at radius 2 is 1.80 bits per heavy atom. The SMILES string of the molecule is CC1CCC(N2CCC(=O)C(C)C2)CC1. The highest BCUT2D eigenvalue weighted by Gasteiger charge is 2.30. The van der Waals surface area contributed by atoms with Crippen LogP contribution in [0.3, 0.4) is 0 Å². The summed E-state index contributed by atoms with van der Waals surface area (Å²) in [5, 5.41) is 0. The van der Waals surface area contributed by atoms with Crippen LogP contribution in [0.2, 0.25) is 0 Å². The van der Waals surface area contributed by atoms with Gasteiger partial charge in [0, 0.05) is 31.5 Å². The minimum Gasteiger partial charge on any atom is -0.299 e. The number of hydrogen-bond acceptors (Lipinski definition) is 2. The van der Waals surface area contributed by atoms with Crippen molar-refractivity contribution in [3.05, 3.63) is 0 Å². The van der Waals surface area contributed by atoms with Gasteiger partial charge in [-0.15, -0.1) is 0 Å². The molecule has 1 atom stereocenters. The van der Waals surface area contributed by atoms with Crippen LogP contribution in [-0.4, -0.2) is 29.8 Å². The number of carbonyl (C=O) groups is 1. The second-order valence-electron chi connectivity index (χ2n) is 5.53. The number of Topliss-reactive ketones (excluding diaryl/α,β-unsaturated/α-hetero) is 1. The predicted molar refractivity (Wildman–Crippen MR) is 61.8 cm³/mol. The van der Waals surface area contributed by atoms with Crippen LogP contribution in [0.25, 0.3) is 0 Å². The molecule has 0 spiro atoms. The molecule has 0 aromatic carbocycles. The molecule has 2 nitrogen and oxygen atoms in total. The standard InChI is InChI=1S/C13H23NO/c1-10-3-5-12(6-4-10)14-8-7-13(15)11(2)9-14/h10-12H,3-9H2,1-2H3. The van der Waals surface area contributed by atoms with Crippen molar-refractivity contribution in [2.75, 3.05) is 13.1 Å². The normalized spacial score (nSPS) is 39.3. The zero-order chi connectivity index (χ0) is 10.8. The van der Waals surface area contributed by atoms with E-state index < -0.39 is 0 Å². The van der Waals surface area contributed by atoms with Crippen LogP contribution < -0.4 is 0 Å². The molecule has 0 radical (unpaired) electrons. The van der Waals surface area contributed by atoms with E-state index in [1.165, 1.54) is 25.7 Å². The van der Waals surface area contributed by atoms with Gasteiger partial charge in [0.1, 0.15) is 5.78 Å². The highest BCUT2D eigenvalue weighted by atomic mass is 16.1. The summed E-state index contributed by atoms with van der Waals surface area (Å²) in [6, 6.07) is 0.775. The Labute approximate surface area is 93.0 Å². The number of rotatable bonds is 1. The molecular weight excluding hydrogens is 186 g/mol. The maximum atomic E-state index is 11.4. The molecular formula is C13H23NO. The minimum absolute atomic E-state index is 0.276. The second kappa shape index (κ2) is 4.65. The highest BCUT2D eigenvalue weighted by Crippen LogP contribution is 2.29. The van der Waals surface area contributed by atoms with Crippen LogP contribution in [0.4, 0.5) is 0 Å². The van der Waals surface area contributed by atoms with Gasteiger partial charge < -0.3 is 0 Å². The minimum atomic E-state index is 0.276. The average molecular weight is 209 g/mol. The molecule has 1 aliphatic carbocycles. The van der Waals surface area contributed by atoms with Crippen LogP contribution in [0.15, 0.2) is 0 Å². The molecule has 0 aromatic rings. The van der Waals surface area contributed by atoms with Gasteiger partial charge in [-0.2, -0.15) is 0 Å². The van der Waals surface area contributed by atoms with Crippen LogP contribution in [-0.2, 0) is 4.79 Å². The molecule has 2 aliphatic rings. The first-order chi connectivity index (χ1) is 7.16. The maximum Gasteiger partial charge on any atom is 0.138 e. The lowest BCUT2D eigenvalue weighted by molar-refractivity contribution is -0.126. The average Bonchev–Trinajstić information content (AvgIpc) is 2.23. The largest absolute Gasteiger partial charge is 0.299 e. The maximum absolute atomic E-state index is 11.4. The summed E-state index contributed by atoms with van der Waals surface area (Å²) in [6.07, 6.45) is 6.24. The van der Waals surface area contributed by atoms with E-state index >= 15 is 0 Å². The number of nitrogens with zero attached hydrogens (tertiary/aromatic N) is 1. The van der Waals surface area contributed by atoms with E-state index in [0.29, 0.717) is 5.78 Å². The number of ketones is 1. The van der Waals surface area contributed by atoms with Crippen molar-refractivity contribution < 1.29 is 4.79 Å². The molecule has 86 valence electrons. The fourth-order valence-electron chi connectivity index (χ4n) is 2.98. The first-order valence-corrected chi connectivity index (χ1v) is 6.43. The number of piperidine rings is 1. The molecule has 0 amide bonds. The Kier molecular flexibility index (Phi) is 3.45. The highest BCUT2D eigenvalue weighted by molar-refractivity contribution is 5.81. The third-order valence-electron chi connectivity index (χ3n) is 4.21. The Balaban J connectivity index is 1.86. The molecule has 2 heteroatoms. The lowest BCUT2D eigenvalue weighted by atomic mass is 9.85. The van der Waals surface area contributed by atoms with Crippen LogP contribution >= 0.6 is 0 Å². The van der Waals surface area contributed by atoms with E-state index in [1.807, 2.05) is 0 Å². The smallest absolute Gasteiger partial charge is 0.138 e. The zero-order valence-corrected chi connectivity index (χ0v) is 10.0. The second-order valence-corrected chi connectivity index (χ2v) is 5.53. The summed E-state index contributed by atoms with van der Waals surface area (Å²) in [5.41, 5.74) is 0. The number of carbonyl (C=O) groups excluding carboxylic acids is 1. The summed E-state index contributed by atoms with van der Waals surface area (Å²) in [6.45, 7) is 6.47. The first kappa shape index (κ1) is 11.1. The molecule has 0 bridgehead atoms. The monoisotopic (exact) mass is 209 g/mol. The van der Waals surface area contributed by atoms with Crippen molar-refractivity contribution in [3.63, 3.8) is 0 Å². The lowest BCUT2D eigenvalue weighted by Crippen LogP contribution is -2.46. The van der Waals surface area contributed by atoms with Gasteiger partial charge in [0.05, 0.1) is 0 Å². The molecule has 1 unspecified atom stereocenters. The molecule has 1 aliphatic heterocycles. The van der Waals surface area contributed by atoms with Gasteiger partial charge in [0.25, 0.3) is 0 Å². The summed E-state index contributed by atoms with van der Waals surface area (Å²) in [4.78, 5) is 14.0. The Bertz CT molecular complexity index is 231. The summed E-state index contributed by atoms with van der Waals surface area (Å²) < 4.78 is 0. The van der Waals surface area contributed by atoms with Gasteiger partial charge in [-0.3, -0.25) is 9.69 Å². The number of likely N-dealkylation sites (tertiary alicyclic amines) is 1. The molecule has 0 aromatic heterocycles. The van der Waals surface area contributed by atoms with Crippen molar-refractivity contribution in [2.45, 2.75) is 52.0 Å². The molecule has 2 rings (SSSR count). The molecule has 15 heavy (non-hydrogen) atoms. The van der Waals surface area contributed by atoms with E-state index in [1.54, 1.807) is 0 Å². The van der Waals surface area contributed by atoms with Gasteiger partial charge in [0.2, 0.25) is 0 Å². The molecule has 1 heterocycles. The number of hydrogen-bond donors (Lipinski definition) is 0. The first-order valence-electron chi connectivity index (χ1n) is 6.43. The quantitative estimate of drug-likeness (QED) is 0.661. The van der Waals surface area contributed by atoms with E-state index in [0.717, 1.165) is 31.5 Å². The third kappa shape index (κ3) is 2.60. The molecule has 0 N–H and O–H groups in total. The van der Waals surface area contributed by atoms with Gasteiger partial charge in [0.15, 0.2) is 0 Å². The van der Waals surface area contributed by atoms with E-state index in [9.17, 15) is 4.79 Å². The van der Waals surface area contributed by atoms with Gasteiger partial charge >= 0.3 is 0 Å². The van der Waals surface area contributed by atoms with Crippen LogP contribution in [0.1, 0.15) is 46.0 Å². The topological polar surface area (TPSA) is 20.3 Å². The Morgan fingerprint density at radius 1 is 1.13 bits per heavy atom. The van der Waals surface area contributed by atoms with Crippen molar-refractivity contribution in [1.29, 1.82) is 0 Å². The fourth-order valence-corrected chi connectivity index (χ4v) is 2.98. The molecule has 1 saturated carbocycles. The summed E-state index contributed by atoms with van der Waals surface area (Å²) in [7, 11) is 0. The zero-order valence-electron chi connectivity index (χ0n) is 10.0. The molecule has 2 fully saturated rings. The van der Waals surface area contributed by atoms with E-state index in [2.05, 4.69) is 18.7 Å². The third-order valence-corrected chi connectivity index (χ3v) is 4.21. The fraction of sp³-hybridized carbons (Fsp3) is 0.923. The van der Waals surface area contributed by atoms with Crippen LogP contribution in [0.5, 0.6) is 0 Å². The Morgan fingerprint density at radius 3 is 2.40 bits per heavy atom. The van der Waals surface area contributed by atoms with E-state index in [4.69, 9.17) is 0 Å². The van der Waals surface area contributed by atoms with Crippen molar-refractivity contribution in [2.24, 2.45) is 11.8 Å². The molecule has 1 saturated heterocycles. The van der Waals surface area contributed by atoms with Crippen LogP contribution in [0, 0.1) is 11.8 Å². The van der Waals surface area contributed by atoms with Gasteiger partial charge in [-0.25, -0.2) is 0 Å². The van der Waals surface area contributed by atoms with Crippen molar-refractivity contribution in [1.82, 2.24) is 4.90 Å².